The molecular weight excluding hydrogens is 190 g/mol. The third kappa shape index (κ3) is 2.68. The van der Waals surface area contributed by atoms with E-state index in [1.165, 1.54) is 6.08 Å². The van der Waals surface area contributed by atoms with E-state index in [0.29, 0.717) is 0 Å². The van der Waals surface area contributed by atoms with E-state index in [0.717, 1.165) is 11.3 Å². The molecule has 0 bridgehead atoms. The summed E-state index contributed by atoms with van der Waals surface area (Å²) in [4.78, 5) is 11.3. The van der Waals surface area contributed by atoms with Crippen molar-refractivity contribution in [1.29, 1.82) is 0 Å². The summed E-state index contributed by atoms with van der Waals surface area (Å²) in [6.45, 7) is 5.76. The third-order valence-electron chi connectivity index (χ3n) is 2.42. The molecule has 0 spiro atoms. The van der Waals surface area contributed by atoms with E-state index >= 15 is 0 Å². The predicted octanol–water partition coefficient (Wildman–Crippen LogP) is 1.48. The summed E-state index contributed by atoms with van der Waals surface area (Å²) in [5, 5.41) is 7.01. The topological polar surface area (TPSA) is 46.9 Å². The van der Waals surface area contributed by atoms with Crippen LogP contribution in [0.3, 0.4) is 0 Å². The Morgan fingerprint density at radius 2 is 2.33 bits per heavy atom. The highest BCUT2D eigenvalue weighted by Crippen LogP contribution is 2.15. The van der Waals surface area contributed by atoms with Gasteiger partial charge in [-0.3, -0.25) is 9.48 Å². The second-order valence-electron chi connectivity index (χ2n) is 3.54. The Hall–Kier alpha value is -1.58. The van der Waals surface area contributed by atoms with Gasteiger partial charge in [0.15, 0.2) is 0 Å². The van der Waals surface area contributed by atoms with E-state index in [1.807, 2.05) is 27.8 Å². The number of carbonyl (C=O) groups excluding carboxylic acids is 1. The number of nitrogens with zero attached hydrogens (tertiary/aromatic N) is 2. The molecule has 1 amide bonds. The molecule has 1 aromatic rings. The van der Waals surface area contributed by atoms with Crippen molar-refractivity contribution in [2.45, 2.75) is 26.8 Å². The minimum atomic E-state index is -0.0757. The van der Waals surface area contributed by atoms with E-state index in [9.17, 15) is 4.79 Å². The summed E-state index contributed by atoms with van der Waals surface area (Å²) in [5.74, 6) is -0.0757. The van der Waals surface area contributed by atoms with Crippen molar-refractivity contribution in [2.75, 3.05) is 0 Å². The van der Waals surface area contributed by atoms with Gasteiger partial charge in [0.05, 0.1) is 12.2 Å². The molecule has 1 N–H and O–H groups in total. The Morgan fingerprint density at radius 3 is 2.80 bits per heavy atom. The number of hydrogen-bond acceptors (Lipinski definition) is 2. The summed E-state index contributed by atoms with van der Waals surface area (Å²) in [6.07, 6.45) is 5.02. The fraction of sp³-hybridized carbons (Fsp3) is 0.455. The molecule has 0 radical (unpaired) electrons. The zero-order valence-corrected chi connectivity index (χ0v) is 9.61. The van der Waals surface area contributed by atoms with E-state index in [4.69, 9.17) is 0 Å². The van der Waals surface area contributed by atoms with Crippen LogP contribution in [0.15, 0.2) is 18.3 Å². The van der Waals surface area contributed by atoms with E-state index in [-0.39, 0.29) is 11.9 Å². The molecular formula is C11H17N3O. The lowest BCUT2D eigenvalue weighted by atomic mass is 10.1. The van der Waals surface area contributed by atoms with Gasteiger partial charge in [-0.2, -0.15) is 5.10 Å². The minimum absolute atomic E-state index is 0.0117. The average Bonchev–Trinajstić information content (AvgIpc) is 2.48. The van der Waals surface area contributed by atoms with E-state index < -0.39 is 0 Å². The van der Waals surface area contributed by atoms with Gasteiger partial charge in [-0.15, -0.1) is 0 Å². The highest BCUT2D eigenvalue weighted by Gasteiger charge is 2.12. The van der Waals surface area contributed by atoms with Crippen LogP contribution in [0.2, 0.25) is 0 Å². The summed E-state index contributed by atoms with van der Waals surface area (Å²) in [7, 11) is 1.89. The standard InChI is InChI=1S/C11H17N3O/c1-5-6-11(15)13-8(2)10-7-12-14(4)9(10)3/h5-8H,1-4H3,(H,13,15)/b6-5+. The number of nitrogens with one attached hydrogen (secondary N) is 1. The van der Waals surface area contributed by atoms with Crippen LogP contribution in [0.25, 0.3) is 0 Å². The Labute approximate surface area is 90.0 Å². The third-order valence-corrected chi connectivity index (χ3v) is 2.42. The maximum Gasteiger partial charge on any atom is 0.244 e. The van der Waals surface area contributed by atoms with Crippen LogP contribution in [0.4, 0.5) is 0 Å². The minimum Gasteiger partial charge on any atom is -0.346 e. The zero-order chi connectivity index (χ0) is 11.4. The highest BCUT2D eigenvalue weighted by atomic mass is 16.1. The van der Waals surface area contributed by atoms with Crippen LogP contribution in [0.5, 0.6) is 0 Å². The van der Waals surface area contributed by atoms with Crippen molar-refractivity contribution in [2.24, 2.45) is 7.05 Å². The number of rotatable bonds is 3. The first-order valence-corrected chi connectivity index (χ1v) is 4.98. The van der Waals surface area contributed by atoms with Gasteiger partial charge in [-0.1, -0.05) is 6.08 Å². The second-order valence-corrected chi connectivity index (χ2v) is 3.54. The molecule has 1 atom stereocenters. The van der Waals surface area contributed by atoms with Gasteiger partial charge < -0.3 is 5.32 Å². The van der Waals surface area contributed by atoms with E-state index in [1.54, 1.807) is 17.0 Å². The molecule has 0 saturated heterocycles. The first-order valence-electron chi connectivity index (χ1n) is 4.98. The van der Waals surface area contributed by atoms with Crippen LogP contribution < -0.4 is 5.32 Å². The Balaban J connectivity index is 2.73. The van der Waals surface area contributed by atoms with Gasteiger partial charge in [0.1, 0.15) is 0 Å². The fourth-order valence-corrected chi connectivity index (χ4v) is 1.43. The van der Waals surface area contributed by atoms with Gasteiger partial charge in [0, 0.05) is 18.3 Å². The molecule has 0 aliphatic heterocycles. The highest BCUT2D eigenvalue weighted by molar-refractivity contribution is 5.87. The van der Waals surface area contributed by atoms with Gasteiger partial charge in [-0.05, 0) is 26.8 Å². The molecule has 0 aliphatic carbocycles. The van der Waals surface area contributed by atoms with Gasteiger partial charge in [-0.25, -0.2) is 0 Å². The first kappa shape index (κ1) is 11.5. The summed E-state index contributed by atoms with van der Waals surface area (Å²) in [6, 6.07) is -0.0117. The van der Waals surface area contributed by atoms with Crippen molar-refractivity contribution >= 4 is 5.91 Å². The largest absolute Gasteiger partial charge is 0.346 e. The number of aromatic nitrogens is 2. The molecule has 0 saturated carbocycles. The van der Waals surface area contributed by atoms with Crippen molar-refractivity contribution in [1.82, 2.24) is 15.1 Å². The number of amides is 1. The van der Waals surface area contributed by atoms with Crippen molar-refractivity contribution in [3.63, 3.8) is 0 Å². The van der Waals surface area contributed by atoms with Crippen LogP contribution in [-0.4, -0.2) is 15.7 Å². The molecule has 0 aromatic carbocycles. The Bertz CT molecular complexity index is 379. The Morgan fingerprint density at radius 1 is 1.67 bits per heavy atom. The second kappa shape index (κ2) is 4.77. The number of hydrogen-bond donors (Lipinski definition) is 1. The monoisotopic (exact) mass is 207 g/mol. The van der Waals surface area contributed by atoms with Gasteiger partial charge >= 0.3 is 0 Å². The van der Waals surface area contributed by atoms with Crippen molar-refractivity contribution in [3.05, 3.63) is 29.6 Å². The van der Waals surface area contributed by atoms with Crippen LogP contribution in [0.1, 0.15) is 31.1 Å². The molecule has 0 fully saturated rings. The number of allylic oxidation sites excluding steroid dienone is 1. The fourth-order valence-electron chi connectivity index (χ4n) is 1.43. The van der Waals surface area contributed by atoms with Crippen LogP contribution >= 0.6 is 0 Å². The van der Waals surface area contributed by atoms with E-state index in [2.05, 4.69) is 10.4 Å². The van der Waals surface area contributed by atoms with Crippen molar-refractivity contribution in [3.8, 4) is 0 Å². The lowest BCUT2D eigenvalue weighted by molar-refractivity contribution is -0.117. The normalized spacial score (nSPS) is 13.1. The molecule has 15 heavy (non-hydrogen) atoms. The van der Waals surface area contributed by atoms with Crippen LogP contribution in [-0.2, 0) is 11.8 Å². The maximum atomic E-state index is 11.3. The zero-order valence-electron chi connectivity index (χ0n) is 9.61. The summed E-state index contributed by atoms with van der Waals surface area (Å²) < 4.78 is 1.80. The number of carbonyl (C=O) groups is 1. The molecule has 82 valence electrons. The first-order chi connectivity index (χ1) is 7.06. The van der Waals surface area contributed by atoms with Crippen LogP contribution in [0, 0.1) is 6.92 Å². The lowest BCUT2D eigenvalue weighted by Gasteiger charge is -2.11. The number of aryl methyl sites for hydroxylation is 1. The predicted molar refractivity (Wildman–Crippen MR) is 59.3 cm³/mol. The Kier molecular flexibility index (Phi) is 3.66. The molecule has 4 heteroatoms. The molecule has 1 aromatic heterocycles. The average molecular weight is 207 g/mol. The smallest absolute Gasteiger partial charge is 0.244 e. The van der Waals surface area contributed by atoms with Gasteiger partial charge in [0.25, 0.3) is 0 Å². The maximum absolute atomic E-state index is 11.3. The van der Waals surface area contributed by atoms with Crippen molar-refractivity contribution < 1.29 is 4.79 Å². The quantitative estimate of drug-likeness (QED) is 0.763. The molecule has 1 heterocycles. The summed E-state index contributed by atoms with van der Waals surface area (Å²) >= 11 is 0. The molecule has 1 unspecified atom stereocenters. The SMILES string of the molecule is C/C=C/C(=O)NC(C)c1cnn(C)c1C. The summed E-state index contributed by atoms with van der Waals surface area (Å²) in [5.41, 5.74) is 2.12. The molecule has 1 rings (SSSR count). The molecule has 4 nitrogen and oxygen atoms in total. The molecule has 0 aliphatic rings. The van der Waals surface area contributed by atoms with Gasteiger partial charge in [0.2, 0.25) is 5.91 Å². The lowest BCUT2D eigenvalue weighted by Crippen LogP contribution is -2.24.